The van der Waals surface area contributed by atoms with Crippen molar-refractivity contribution in [2.45, 2.75) is 4.84 Å². The van der Waals surface area contributed by atoms with E-state index in [0.29, 0.717) is 0 Å². The van der Waals surface area contributed by atoms with Crippen molar-refractivity contribution in [1.82, 2.24) is 0 Å². The average Bonchev–Trinajstić information content (AvgIpc) is 1.36. The van der Waals surface area contributed by atoms with Crippen LogP contribution in [-0.2, 0) is 4.79 Å². The molecule has 0 aromatic carbocycles. The molecular weight excluding hydrogens is 128 g/mol. The van der Waals surface area contributed by atoms with E-state index in [4.69, 9.17) is 28.3 Å². The largest absolute Gasteiger partial charge is 0.479 e. The maximum Gasteiger partial charge on any atom is 0.337 e. The summed E-state index contributed by atoms with van der Waals surface area (Å²) in [4.78, 5) is 8.15. The molecule has 0 spiro atoms. The fraction of sp³-hybridized carbons (Fsp3) is 0.500. The van der Waals surface area contributed by atoms with Crippen LogP contribution in [0.1, 0.15) is 0 Å². The number of rotatable bonds is 1. The van der Waals surface area contributed by atoms with Gasteiger partial charge in [-0.25, -0.2) is 4.79 Å². The highest BCUT2D eigenvalue weighted by Crippen LogP contribution is 1.98. The smallest absolute Gasteiger partial charge is 0.337 e. The summed E-state index contributed by atoms with van der Waals surface area (Å²) in [5.74, 6) is -1.21. The van der Waals surface area contributed by atoms with Crippen LogP contribution in [0.2, 0.25) is 0 Å². The highest BCUT2D eigenvalue weighted by Gasteiger charge is 2.05. The topological polar surface area (TPSA) is 37.3 Å². The van der Waals surface area contributed by atoms with Crippen molar-refractivity contribution in [1.29, 1.82) is 0 Å². The normalized spacial score (nSPS) is 9.17. The average molecular weight is 130 g/mol. The Kier molecular flexibility index (Phi) is 2.28. The van der Waals surface area contributed by atoms with E-state index < -0.39 is 10.8 Å². The lowest BCUT2D eigenvalue weighted by molar-refractivity contribution is -0.135. The predicted octanol–water partition coefficient (Wildman–Crippen LogP) is 0.875. The van der Waals surface area contributed by atoms with Crippen molar-refractivity contribution in [3.05, 3.63) is 0 Å². The van der Waals surface area contributed by atoms with Gasteiger partial charge in [0.25, 0.3) is 0 Å². The molecule has 36 valence electrons. The van der Waals surface area contributed by atoms with Gasteiger partial charge in [0.15, 0.2) is 0 Å². The van der Waals surface area contributed by atoms with Crippen molar-refractivity contribution in [2.75, 3.05) is 0 Å². The van der Waals surface area contributed by atoms with Gasteiger partial charge in [-0.1, -0.05) is 23.2 Å². The molecular formula is C2H2Cl2O2. The van der Waals surface area contributed by atoms with Gasteiger partial charge in [-0.2, -0.15) is 0 Å². The van der Waals surface area contributed by atoms with Gasteiger partial charge >= 0.3 is 5.97 Å². The summed E-state index contributed by atoms with van der Waals surface area (Å²) in [6, 6.07) is 0. The molecule has 0 saturated carbocycles. The van der Waals surface area contributed by atoms with E-state index in [1.165, 1.54) is 0 Å². The van der Waals surface area contributed by atoms with Crippen molar-refractivity contribution in [2.24, 2.45) is 0 Å². The Hall–Kier alpha value is 0.0500. The first-order chi connectivity index (χ1) is 2.64. The van der Waals surface area contributed by atoms with Gasteiger partial charge in [-0.15, -0.1) is 0 Å². The molecule has 0 aliphatic heterocycles. The quantitative estimate of drug-likeness (QED) is 0.422. The molecule has 0 amide bonds. The zero-order valence-corrected chi connectivity index (χ0v) is 4.20. The second-order valence-electron chi connectivity index (χ2n) is 0.639. The van der Waals surface area contributed by atoms with Gasteiger partial charge in [0, 0.05) is 0 Å². The first-order valence-corrected chi connectivity index (χ1v) is 2.03. The van der Waals surface area contributed by atoms with Gasteiger partial charge in [0.2, 0.25) is 4.84 Å². The van der Waals surface area contributed by atoms with E-state index in [9.17, 15) is 4.79 Å². The van der Waals surface area contributed by atoms with Crippen molar-refractivity contribution in [3.63, 3.8) is 0 Å². The third-order valence-electron chi connectivity index (χ3n) is 0.187. The summed E-state index contributed by atoms with van der Waals surface area (Å²) in [6.07, 6.45) is 0. The van der Waals surface area contributed by atoms with E-state index in [1.54, 1.807) is 0 Å². The first-order valence-electron chi connectivity index (χ1n) is 1.15. The summed E-state index contributed by atoms with van der Waals surface area (Å²) in [6.45, 7) is 0. The Morgan fingerprint density at radius 2 is 1.83 bits per heavy atom. The summed E-state index contributed by atoms with van der Waals surface area (Å²) >= 11 is 9.56. The Morgan fingerprint density at radius 3 is 1.83 bits per heavy atom. The van der Waals surface area contributed by atoms with Crippen LogP contribution in [0.25, 0.3) is 0 Å². The van der Waals surface area contributed by atoms with Gasteiger partial charge in [0.05, 0.1) is 0 Å². The lowest BCUT2D eigenvalue weighted by Crippen LogP contribution is -2.03. The van der Waals surface area contributed by atoms with Crippen LogP contribution in [0.15, 0.2) is 0 Å². The highest BCUT2D eigenvalue weighted by molar-refractivity contribution is 6.52. The van der Waals surface area contributed by atoms with Crippen LogP contribution in [0.3, 0.4) is 0 Å². The van der Waals surface area contributed by atoms with E-state index in [1.807, 2.05) is 0 Å². The lowest BCUT2D eigenvalue weighted by Gasteiger charge is -1.84. The molecule has 1 N–H and O–H groups in total. The molecule has 2 nitrogen and oxygen atoms in total. The molecule has 0 bridgehead atoms. The summed E-state index contributed by atoms with van der Waals surface area (Å²) in [7, 11) is 0. The lowest BCUT2D eigenvalue weighted by atomic mass is 11.1. The number of aliphatic carboxylic acids is 1. The zero-order chi connectivity index (χ0) is 5.15. The molecule has 0 aliphatic carbocycles. The molecule has 6 heavy (non-hydrogen) atoms. The second-order valence-corrected chi connectivity index (χ2v) is 1.74. The fourth-order valence-electron chi connectivity index (χ4n) is 0. The van der Waals surface area contributed by atoms with Crippen LogP contribution in [0.5, 0.6) is 0 Å². The zero-order valence-electron chi connectivity index (χ0n) is 2.69. The van der Waals surface area contributed by atoms with E-state index in [-0.39, 0.29) is 0 Å². The minimum absolute atomic E-state index is 1.21. The number of hydrogen-bond acceptors (Lipinski definition) is 1. The number of carboxylic acid groups (broad SMARTS) is 1. The van der Waals surface area contributed by atoms with E-state index in [0.717, 1.165) is 0 Å². The summed E-state index contributed by atoms with van der Waals surface area (Å²) in [5.41, 5.74) is 0. The van der Waals surface area contributed by atoms with Gasteiger partial charge in [-0.3, -0.25) is 0 Å². The minimum Gasteiger partial charge on any atom is -0.479 e. The number of carboxylic acids is 1. The molecule has 0 saturated heterocycles. The molecule has 0 unspecified atom stereocenters. The molecule has 0 aromatic rings. The van der Waals surface area contributed by atoms with Crippen LogP contribution in [-0.4, -0.2) is 15.9 Å². The minimum atomic E-state index is -1.29. The Bertz CT molecular complexity index is 60.6. The third-order valence-corrected chi connectivity index (χ3v) is 0.560. The molecule has 4 heteroatoms. The van der Waals surface area contributed by atoms with Gasteiger partial charge in [0.1, 0.15) is 0 Å². The molecule has 0 aliphatic rings. The van der Waals surface area contributed by atoms with Crippen molar-refractivity contribution >= 4 is 29.2 Å². The summed E-state index contributed by atoms with van der Waals surface area (Å²) < 4.78 is 0. The number of carbonyl (C=O) groups is 1. The number of halogens is 2. The SMILES string of the molecule is O=C(O)[13CH](Cl)Cl. The van der Waals surface area contributed by atoms with Crippen LogP contribution < -0.4 is 0 Å². The van der Waals surface area contributed by atoms with Crippen LogP contribution in [0, 0.1) is 0 Å². The molecule has 0 heterocycles. The first kappa shape index (κ1) is 6.05. The third kappa shape index (κ3) is 2.30. The second kappa shape index (κ2) is 2.26. The van der Waals surface area contributed by atoms with Crippen LogP contribution >= 0.6 is 23.2 Å². The van der Waals surface area contributed by atoms with Gasteiger partial charge in [-0.05, 0) is 0 Å². The van der Waals surface area contributed by atoms with Crippen molar-refractivity contribution < 1.29 is 9.90 Å². The molecule has 0 atom stereocenters. The molecule has 0 aromatic heterocycles. The number of alkyl halides is 2. The standard InChI is InChI=1S/C2H2Cl2O2/c3-1(4)2(5)6/h1H,(H,5,6)/i1+1. The van der Waals surface area contributed by atoms with Crippen molar-refractivity contribution in [3.8, 4) is 0 Å². The van der Waals surface area contributed by atoms with E-state index >= 15 is 0 Å². The fourth-order valence-corrected chi connectivity index (χ4v) is 0. The maximum atomic E-state index is 9.44. The molecule has 0 radical (unpaired) electrons. The Balaban J connectivity index is 3.26. The number of hydrogen-bond donors (Lipinski definition) is 1. The van der Waals surface area contributed by atoms with Crippen LogP contribution in [0.4, 0.5) is 0 Å². The van der Waals surface area contributed by atoms with Gasteiger partial charge < -0.3 is 5.11 Å². The Labute approximate surface area is 44.7 Å². The maximum absolute atomic E-state index is 9.44. The molecule has 0 rings (SSSR count). The monoisotopic (exact) mass is 129 g/mol. The molecule has 0 fully saturated rings. The highest BCUT2D eigenvalue weighted by atomic mass is 35.5. The summed E-state index contributed by atoms with van der Waals surface area (Å²) in [5, 5.41) is 7.73. The Morgan fingerprint density at radius 1 is 1.67 bits per heavy atom. The predicted molar refractivity (Wildman–Crippen MR) is 23.1 cm³/mol. The van der Waals surface area contributed by atoms with E-state index in [2.05, 4.69) is 0 Å².